The number of sulfonamides is 1. The first kappa shape index (κ1) is 18.1. The molecule has 0 aliphatic rings. The average molecular weight is 314 g/mol. The molecule has 1 aromatic carbocycles. The Kier molecular flexibility index (Phi) is 6.34. The number of aliphatic hydroxyl groups is 1. The SMILES string of the molecule is CCCNCc1ccc(S(=O)(=O)N(C)CC(C)(C)O)cc1. The van der Waals surface area contributed by atoms with Crippen molar-refractivity contribution in [2.24, 2.45) is 0 Å². The number of hydrogen-bond acceptors (Lipinski definition) is 4. The summed E-state index contributed by atoms with van der Waals surface area (Å²) in [6.07, 6.45) is 1.06. The smallest absolute Gasteiger partial charge is 0.242 e. The maximum absolute atomic E-state index is 12.4. The lowest BCUT2D eigenvalue weighted by atomic mass is 10.1. The van der Waals surface area contributed by atoms with Crippen molar-refractivity contribution in [1.29, 1.82) is 0 Å². The van der Waals surface area contributed by atoms with Crippen molar-refractivity contribution >= 4 is 10.0 Å². The lowest BCUT2D eigenvalue weighted by Gasteiger charge is -2.25. The van der Waals surface area contributed by atoms with Gasteiger partial charge in [-0.05, 0) is 44.5 Å². The molecule has 21 heavy (non-hydrogen) atoms. The first-order chi connectivity index (χ1) is 9.66. The minimum Gasteiger partial charge on any atom is -0.389 e. The predicted molar refractivity (Wildman–Crippen MR) is 84.6 cm³/mol. The summed E-state index contributed by atoms with van der Waals surface area (Å²) in [7, 11) is -2.08. The zero-order valence-electron chi connectivity index (χ0n) is 13.3. The van der Waals surface area contributed by atoms with Gasteiger partial charge in [0, 0.05) is 20.1 Å². The molecular weight excluding hydrogens is 288 g/mol. The summed E-state index contributed by atoms with van der Waals surface area (Å²) in [5.74, 6) is 0. The van der Waals surface area contributed by atoms with Crippen molar-refractivity contribution in [3.05, 3.63) is 29.8 Å². The molecular formula is C15H26N2O3S. The molecule has 5 nitrogen and oxygen atoms in total. The molecule has 0 unspecified atom stereocenters. The van der Waals surface area contributed by atoms with Gasteiger partial charge in [-0.15, -0.1) is 0 Å². The maximum Gasteiger partial charge on any atom is 0.242 e. The number of benzene rings is 1. The van der Waals surface area contributed by atoms with Gasteiger partial charge >= 0.3 is 0 Å². The van der Waals surface area contributed by atoms with Crippen LogP contribution in [0.4, 0.5) is 0 Å². The summed E-state index contributed by atoms with van der Waals surface area (Å²) in [4.78, 5) is 0.244. The summed E-state index contributed by atoms with van der Waals surface area (Å²) in [5.41, 5.74) is -0.0150. The van der Waals surface area contributed by atoms with Crippen LogP contribution >= 0.6 is 0 Å². The maximum atomic E-state index is 12.4. The van der Waals surface area contributed by atoms with E-state index in [0.717, 1.165) is 25.1 Å². The summed E-state index contributed by atoms with van der Waals surface area (Å²) in [6, 6.07) is 6.85. The van der Waals surface area contributed by atoms with E-state index in [1.165, 1.54) is 11.4 Å². The van der Waals surface area contributed by atoms with Crippen LogP contribution in [-0.2, 0) is 16.6 Å². The van der Waals surface area contributed by atoms with E-state index in [1.54, 1.807) is 26.0 Å². The van der Waals surface area contributed by atoms with Gasteiger partial charge in [-0.25, -0.2) is 8.42 Å². The molecule has 0 aliphatic carbocycles. The number of hydrogen-bond donors (Lipinski definition) is 2. The van der Waals surface area contributed by atoms with Crippen molar-refractivity contribution in [3.63, 3.8) is 0 Å². The number of nitrogens with one attached hydrogen (secondary N) is 1. The fourth-order valence-electron chi connectivity index (χ4n) is 2.00. The molecule has 0 fully saturated rings. The summed E-state index contributed by atoms with van der Waals surface area (Å²) in [5, 5.41) is 13.0. The molecule has 2 N–H and O–H groups in total. The second kappa shape index (κ2) is 7.35. The molecule has 0 heterocycles. The molecule has 0 aliphatic heterocycles. The van der Waals surface area contributed by atoms with Crippen LogP contribution < -0.4 is 5.32 Å². The van der Waals surface area contributed by atoms with E-state index in [9.17, 15) is 13.5 Å². The molecule has 0 saturated carbocycles. The monoisotopic (exact) mass is 314 g/mol. The third-order valence-corrected chi connectivity index (χ3v) is 4.81. The van der Waals surface area contributed by atoms with Gasteiger partial charge < -0.3 is 10.4 Å². The van der Waals surface area contributed by atoms with Gasteiger partial charge in [0.2, 0.25) is 10.0 Å². The fourth-order valence-corrected chi connectivity index (χ4v) is 3.32. The summed E-state index contributed by atoms with van der Waals surface area (Å²) in [6.45, 7) is 6.99. The molecule has 0 saturated heterocycles. The van der Waals surface area contributed by atoms with Crippen molar-refractivity contribution in [2.75, 3.05) is 20.1 Å². The van der Waals surface area contributed by atoms with E-state index in [1.807, 2.05) is 12.1 Å². The van der Waals surface area contributed by atoms with E-state index in [-0.39, 0.29) is 11.4 Å². The first-order valence-electron chi connectivity index (χ1n) is 7.15. The molecule has 0 atom stereocenters. The molecule has 120 valence electrons. The Hall–Kier alpha value is -0.950. The van der Waals surface area contributed by atoms with Crippen molar-refractivity contribution in [3.8, 4) is 0 Å². The van der Waals surface area contributed by atoms with Crippen LogP contribution in [-0.4, -0.2) is 43.6 Å². The van der Waals surface area contributed by atoms with Crippen LogP contribution in [0, 0.1) is 0 Å². The van der Waals surface area contributed by atoms with Crippen molar-refractivity contribution < 1.29 is 13.5 Å². The van der Waals surface area contributed by atoms with Crippen LogP contribution in [0.15, 0.2) is 29.2 Å². The van der Waals surface area contributed by atoms with Gasteiger partial charge in [-0.1, -0.05) is 19.1 Å². The van der Waals surface area contributed by atoms with Crippen molar-refractivity contribution in [2.45, 2.75) is 44.2 Å². The second-order valence-corrected chi connectivity index (χ2v) is 7.94. The Bertz CT molecular complexity index is 533. The topological polar surface area (TPSA) is 69.6 Å². The molecule has 0 aromatic heterocycles. The Morgan fingerprint density at radius 1 is 1.24 bits per heavy atom. The normalized spacial score (nSPS) is 12.9. The highest BCUT2D eigenvalue weighted by Crippen LogP contribution is 2.17. The highest BCUT2D eigenvalue weighted by molar-refractivity contribution is 7.89. The van der Waals surface area contributed by atoms with E-state index in [2.05, 4.69) is 12.2 Å². The Balaban J connectivity index is 2.80. The fraction of sp³-hybridized carbons (Fsp3) is 0.600. The van der Waals surface area contributed by atoms with Crippen molar-refractivity contribution in [1.82, 2.24) is 9.62 Å². The molecule has 0 spiro atoms. The number of rotatable bonds is 8. The van der Waals surface area contributed by atoms with Gasteiger partial charge in [0.15, 0.2) is 0 Å². The zero-order chi connectivity index (χ0) is 16.1. The predicted octanol–water partition coefficient (Wildman–Crippen LogP) is 1.58. The molecule has 0 bridgehead atoms. The molecule has 1 aromatic rings. The zero-order valence-corrected chi connectivity index (χ0v) is 14.1. The standard InChI is InChI=1S/C15H26N2O3S/c1-5-10-16-11-13-6-8-14(9-7-13)21(19,20)17(4)12-15(2,3)18/h6-9,16,18H,5,10-12H2,1-4H3. The van der Waals surface area contributed by atoms with Crippen LogP contribution in [0.5, 0.6) is 0 Å². The molecule has 0 radical (unpaired) electrons. The van der Waals surface area contributed by atoms with Gasteiger partial charge in [0.05, 0.1) is 10.5 Å². The van der Waals surface area contributed by atoms with Crippen LogP contribution in [0.3, 0.4) is 0 Å². The highest BCUT2D eigenvalue weighted by Gasteiger charge is 2.26. The highest BCUT2D eigenvalue weighted by atomic mass is 32.2. The summed E-state index contributed by atoms with van der Waals surface area (Å²) < 4.78 is 25.9. The Morgan fingerprint density at radius 2 is 1.81 bits per heavy atom. The van der Waals surface area contributed by atoms with E-state index >= 15 is 0 Å². The Labute approximate surface area is 128 Å². The molecule has 0 amide bonds. The minimum absolute atomic E-state index is 0.0507. The van der Waals surface area contributed by atoms with Crippen LogP contribution in [0.1, 0.15) is 32.8 Å². The largest absolute Gasteiger partial charge is 0.389 e. The number of nitrogens with zero attached hydrogens (tertiary/aromatic N) is 1. The molecule has 6 heteroatoms. The second-order valence-electron chi connectivity index (χ2n) is 5.89. The third kappa shape index (κ3) is 5.74. The average Bonchev–Trinajstić information content (AvgIpc) is 2.37. The molecule has 1 rings (SSSR count). The van der Waals surface area contributed by atoms with Gasteiger partial charge in [-0.3, -0.25) is 0 Å². The van der Waals surface area contributed by atoms with E-state index in [0.29, 0.717) is 0 Å². The number of likely N-dealkylation sites (N-methyl/N-ethyl adjacent to an activating group) is 1. The van der Waals surface area contributed by atoms with E-state index < -0.39 is 15.6 Å². The Morgan fingerprint density at radius 3 is 2.29 bits per heavy atom. The third-order valence-electron chi connectivity index (χ3n) is 3.00. The van der Waals surface area contributed by atoms with Gasteiger partial charge in [0.1, 0.15) is 0 Å². The van der Waals surface area contributed by atoms with Crippen LogP contribution in [0.2, 0.25) is 0 Å². The quantitative estimate of drug-likeness (QED) is 0.715. The summed E-state index contributed by atoms with van der Waals surface area (Å²) >= 11 is 0. The minimum atomic E-state index is -3.56. The lowest BCUT2D eigenvalue weighted by Crippen LogP contribution is -2.39. The lowest BCUT2D eigenvalue weighted by molar-refractivity contribution is 0.0640. The first-order valence-corrected chi connectivity index (χ1v) is 8.59. The van der Waals surface area contributed by atoms with Crippen LogP contribution in [0.25, 0.3) is 0 Å². The van der Waals surface area contributed by atoms with E-state index in [4.69, 9.17) is 0 Å². The van der Waals surface area contributed by atoms with Gasteiger partial charge in [-0.2, -0.15) is 4.31 Å². The van der Waals surface area contributed by atoms with Gasteiger partial charge in [0.25, 0.3) is 0 Å².